The van der Waals surface area contributed by atoms with Crippen LogP contribution in [0.3, 0.4) is 0 Å². The lowest BCUT2D eigenvalue weighted by Crippen LogP contribution is -2.16. The summed E-state index contributed by atoms with van der Waals surface area (Å²) in [4.78, 5) is 0. The molecule has 2 unspecified atom stereocenters. The van der Waals surface area contributed by atoms with E-state index in [9.17, 15) is 4.39 Å². The number of ether oxygens (including phenoxy) is 1. The SMILES string of the molecule is CC(Sc1nnc(-c2ccc(F)cc2)n1CC1CCCO1)c1ccccc1. The normalized spacial score (nSPS) is 17.9. The van der Waals surface area contributed by atoms with Crippen LogP contribution in [0.4, 0.5) is 4.39 Å². The Hall–Kier alpha value is -2.18. The smallest absolute Gasteiger partial charge is 0.192 e. The van der Waals surface area contributed by atoms with E-state index in [2.05, 4.69) is 33.8 Å². The highest BCUT2D eigenvalue weighted by Gasteiger charge is 2.23. The molecule has 1 fully saturated rings. The van der Waals surface area contributed by atoms with E-state index in [-0.39, 0.29) is 17.2 Å². The molecular formula is C21H22FN3OS. The van der Waals surface area contributed by atoms with E-state index in [1.165, 1.54) is 17.7 Å². The van der Waals surface area contributed by atoms with Gasteiger partial charge in [0.25, 0.3) is 0 Å². The molecule has 0 spiro atoms. The van der Waals surface area contributed by atoms with Gasteiger partial charge in [-0.1, -0.05) is 42.1 Å². The van der Waals surface area contributed by atoms with E-state index in [4.69, 9.17) is 4.74 Å². The van der Waals surface area contributed by atoms with Crippen molar-refractivity contribution in [2.75, 3.05) is 6.61 Å². The maximum absolute atomic E-state index is 13.3. The van der Waals surface area contributed by atoms with E-state index in [1.807, 2.05) is 18.2 Å². The average molecular weight is 383 g/mol. The predicted molar refractivity (Wildman–Crippen MR) is 105 cm³/mol. The van der Waals surface area contributed by atoms with Gasteiger partial charge >= 0.3 is 0 Å². The van der Waals surface area contributed by atoms with Crippen LogP contribution in [0.2, 0.25) is 0 Å². The minimum Gasteiger partial charge on any atom is -0.376 e. The molecule has 0 aliphatic carbocycles. The predicted octanol–water partition coefficient (Wildman–Crippen LogP) is 5.12. The van der Waals surface area contributed by atoms with Crippen LogP contribution in [0.1, 0.15) is 30.6 Å². The number of nitrogens with zero attached hydrogens (tertiary/aromatic N) is 3. The van der Waals surface area contributed by atoms with Crippen molar-refractivity contribution in [3.05, 3.63) is 66.0 Å². The van der Waals surface area contributed by atoms with Crippen molar-refractivity contribution in [2.24, 2.45) is 0 Å². The van der Waals surface area contributed by atoms with Gasteiger partial charge in [0.05, 0.1) is 12.6 Å². The summed E-state index contributed by atoms with van der Waals surface area (Å²) in [6, 6.07) is 16.8. The molecule has 27 heavy (non-hydrogen) atoms. The first-order valence-corrected chi connectivity index (χ1v) is 10.1. The van der Waals surface area contributed by atoms with Crippen molar-refractivity contribution >= 4 is 11.8 Å². The van der Waals surface area contributed by atoms with Gasteiger partial charge in [-0.15, -0.1) is 10.2 Å². The quantitative estimate of drug-likeness (QED) is 0.554. The second kappa shape index (κ2) is 8.23. The molecule has 0 bridgehead atoms. The molecule has 3 aromatic rings. The number of aromatic nitrogens is 3. The summed E-state index contributed by atoms with van der Waals surface area (Å²) in [6.07, 6.45) is 2.30. The van der Waals surface area contributed by atoms with Crippen molar-refractivity contribution in [1.82, 2.24) is 14.8 Å². The highest BCUT2D eigenvalue weighted by molar-refractivity contribution is 7.99. The second-order valence-electron chi connectivity index (χ2n) is 6.73. The summed E-state index contributed by atoms with van der Waals surface area (Å²) >= 11 is 1.69. The largest absolute Gasteiger partial charge is 0.376 e. The van der Waals surface area contributed by atoms with Gasteiger partial charge in [-0.3, -0.25) is 4.57 Å². The molecule has 1 aliphatic heterocycles. The summed E-state index contributed by atoms with van der Waals surface area (Å²) in [6.45, 7) is 3.69. The third kappa shape index (κ3) is 4.22. The number of benzene rings is 2. The first kappa shape index (κ1) is 18.2. The molecule has 0 N–H and O–H groups in total. The summed E-state index contributed by atoms with van der Waals surface area (Å²) in [5, 5.41) is 9.98. The minimum atomic E-state index is -0.253. The topological polar surface area (TPSA) is 39.9 Å². The van der Waals surface area contributed by atoms with E-state index in [0.29, 0.717) is 6.54 Å². The molecule has 140 valence electrons. The summed E-state index contributed by atoms with van der Waals surface area (Å²) < 4.78 is 21.3. The van der Waals surface area contributed by atoms with Crippen LogP contribution in [-0.2, 0) is 11.3 Å². The Bertz CT molecular complexity index is 876. The molecule has 4 rings (SSSR count). The van der Waals surface area contributed by atoms with E-state index in [1.54, 1.807) is 23.9 Å². The second-order valence-corrected chi connectivity index (χ2v) is 8.04. The van der Waals surface area contributed by atoms with Crippen LogP contribution in [0, 0.1) is 5.82 Å². The zero-order valence-electron chi connectivity index (χ0n) is 15.2. The van der Waals surface area contributed by atoms with E-state index in [0.717, 1.165) is 36.0 Å². The van der Waals surface area contributed by atoms with Gasteiger partial charge in [-0.25, -0.2) is 4.39 Å². The maximum atomic E-state index is 13.3. The number of rotatable bonds is 6. The number of halogens is 1. The Labute approximate surface area is 162 Å². The molecule has 0 radical (unpaired) electrons. The van der Waals surface area contributed by atoms with Crippen molar-refractivity contribution in [1.29, 1.82) is 0 Å². The van der Waals surface area contributed by atoms with Gasteiger partial charge in [0.1, 0.15) is 5.82 Å². The molecule has 1 aliphatic rings. The lowest BCUT2D eigenvalue weighted by molar-refractivity contribution is 0.0953. The van der Waals surface area contributed by atoms with Gasteiger partial charge in [-0.05, 0) is 49.6 Å². The van der Waals surface area contributed by atoms with Crippen LogP contribution in [0.25, 0.3) is 11.4 Å². The summed E-state index contributed by atoms with van der Waals surface area (Å²) in [5.41, 5.74) is 2.11. The molecule has 6 heteroatoms. The molecule has 1 aromatic heterocycles. The fourth-order valence-corrected chi connectivity index (χ4v) is 4.28. The van der Waals surface area contributed by atoms with Crippen LogP contribution in [0.5, 0.6) is 0 Å². The van der Waals surface area contributed by atoms with Gasteiger partial charge in [0, 0.05) is 17.4 Å². The highest BCUT2D eigenvalue weighted by Crippen LogP contribution is 2.36. The average Bonchev–Trinajstić information content (AvgIpc) is 3.34. The van der Waals surface area contributed by atoms with Gasteiger partial charge in [-0.2, -0.15) is 0 Å². The van der Waals surface area contributed by atoms with Crippen LogP contribution < -0.4 is 0 Å². The number of hydrogen-bond donors (Lipinski definition) is 0. The Morgan fingerprint density at radius 1 is 1.15 bits per heavy atom. The van der Waals surface area contributed by atoms with Gasteiger partial charge in [0.15, 0.2) is 11.0 Å². The Morgan fingerprint density at radius 2 is 1.93 bits per heavy atom. The zero-order valence-corrected chi connectivity index (χ0v) is 16.0. The summed E-state index contributed by atoms with van der Waals surface area (Å²) in [7, 11) is 0. The molecule has 0 saturated carbocycles. The standard InChI is InChI=1S/C21H22FN3OS/c1-15(16-6-3-2-4-7-16)27-21-24-23-20(17-9-11-18(22)12-10-17)25(21)14-19-8-5-13-26-19/h2-4,6-7,9-12,15,19H,5,8,13-14H2,1H3. The van der Waals surface area contributed by atoms with Crippen molar-refractivity contribution < 1.29 is 9.13 Å². The Morgan fingerprint density at radius 3 is 2.63 bits per heavy atom. The Balaban J connectivity index is 1.64. The fourth-order valence-electron chi connectivity index (χ4n) is 3.30. The molecule has 4 nitrogen and oxygen atoms in total. The molecule has 2 atom stereocenters. The number of hydrogen-bond acceptors (Lipinski definition) is 4. The number of thioether (sulfide) groups is 1. The highest BCUT2D eigenvalue weighted by atomic mass is 32.2. The van der Waals surface area contributed by atoms with E-state index >= 15 is 0 Å². The minimum absolute atomic E-state index is 0.173. The summed E-state index contributed by atoms with van der Waals surface area (Å²) in [5.74, 6) is 0.504. The van der Waals surface area contributed by atoms with Crippen molar-refractivity contribution in [3.8, 4) is 11.4 Å². The van der Waals surface area contributed by atoms with Crippen molar-refractivity contribution in [3.63, 3.8) is 0 Å². The van der Waals surface area contributed by atoms with E-state index < -0.39 is 0 Å². The first-order valence-electron chi connectivity index (χ1n) is 9.23. The molecule has 2 heterocycles. The lowest BCUT2D eigenvalue weighted by atomic mass is 10.2. The lowest BCUT2D eigenvalue weighted by Gasteiger charge is -2.16. The Kier molecular flexibility index (Phi) is 5.55. The van der Waals surface area contributed by atoms with Crippen LogP contribution in [0.15, 0.2) is 59.8 Å². The third-order valence-corrected chi connectivity index (χ3v) is 5.92. The molecular weight excluding hydrogens is 361 g/mol. The van der Waals surface area contributed by atoms with Crippen molar-refractivity contribution in [2.45, 2.75) is 42.8 Å². The monoisotopic (exact) mass is 383 g/mol. The van der Waals surface area contributed by atoms with Crippen LogP contribution in [-0.4, -0.2) is 27.5 Å². The van der Waals surface area contributed by atoms with Gasteiger partial charge in [0.2, 0.25) is 0 Å². The fraction of sp³-hybridized carbons (Fsp3) is 0.333. The van der Waals surface area contributed by atoms with Crippen LogP contribution >= 0.6 is 11.8 Å². The first-order chi connectivity index (χ1) is 13.2. The molecule has 1 saturated heterocycles. The maximum Gasteiger partial charge on any atom is 0.192 e. The third-order valence-electron chi connectivity index (χ3n) is 4.78. The van der Waals surface area contributed by atoms with Gasteiger partial charge < -0.3 is 4.74 Å². The molecule has 0 amide bonds. The zero-order chi connectivity index (χ0) is 18.6. The molecule has 2 aromatic carbocycles.